The zero-order chi connectivity index (χ0) is 11.9. The number of hydrogen-bond acceptors (Lipinski definition) is 4. The second-order valence-electron chi connectivity index (χ2n) is 3.87. The van der Waals surface area contributed by atoms with Crippen LogP contribution in [0.15, 0.2) is 23.4 Å². The third kappa shape index (κ3) is 3.74. The average Bonchev–Trinajstić information content (AvgIpc) is 2.41. The van der Waals surface area contributed by atoms with Gasteiger partial charge < -0.3 is 4.90 Å². The van der Waals surface area contributed by atoms with Crippen LogP contribution in [0.1, 0.15) is 25.0 Å². The zero-order valence-corrected chi connectivity index (χ0v) is 10.4. The molecule has 0 radical (unpaired) electrons. The molecule has 1 aromatic heterocycles. The molecule has 0 aliphatic carbocycles. The van der Waals surface area contributed by atoms with E-state index >= 15 is 0 Å². The Morgan fingerprint density at radius 3 is 2.94 bits per heavy atom. The molecule has 2 heterocycles. The Balaban J connectivity index is 1.81. The molecule has 90 valence electrons. The second-order valence-corrected chi connectivity index (χ2v) is 4.26. The van der Waals surface area contributed by atoms with E-state index in [1.165, 1.54) is 19.3 Å². The molecule has 2 rings (SSSR count). The lowest BCUT2D eigenvalue weighted by atomic mass is 10.1. The molecule has 6 heteroatoms. The summed E-state index contributed by atoms with van der Waals surface area (Å²) < 4.78 is 0. The number of piperidine rings is 1. The van der Waals surface area contributed by atoms with Crippen molar-refractivity contribution in [3.8, 4) is 0 Å². The molecule has 5 nitrogen and oxygen atoms in total. The van der Waals surface area contributed by atoms with Crippen molar-refractivity contribution in [1.82, 2.24) is 20.5 Å². The standard InChI is InChI=1S/C11H15N5S/c17-11(16-7-2-1-3-8-16)15-13-9-10-5-4-6-12-14-10/h4-6,9H,1-3,7-8H2,(H,15,17)/b13-9+. The SMILES string of the molecule is S=C(N/N=C/c1cccnn1)N1CCCCC1. The molecule has 1 aliphatic rings. The molecule has 1 N–H and O–H groups in total. The lowest BCUT2D eigenvalue weighted by Crippen LogP contribution is -2.40. The van der Waals surface area contributed by atoms with Crippen LogP contribution in [0.5, 0.6) is 0 Å². The van der Waals surface area contributed by atoms with Gasteiger partial charge in [-0.2, -0.15) is 10.2 Å². The minimum Gasteiger partial charge on any atom is -0.348 e. The van der Waals surface area contributed by atoms with E-state index < -0.39 is 0 Å². The lowest BCUT2D eigenvalue weighted by Gasteiger charge is -2.28. The maximum Gasteiger partial charge on any atom is 0.189 e. The summed E-state index contributed by atoms with van der Waals surface area (Å²) in [5.41, 5.74) is 3.57. The van der Waals surface area contributed by atoms with E-state index in [1.54, 1.807) is 12.4 Å². The number of thiocarbonyl (C=S) groups is 1. The van der Waals surface area contributed by atoms with Crippen LogP contribution < -0.4 is 5.43 Å². The summed E-state index contributed by atoms with van der Waals surface area (Å²) in [6.45, 7) is 2.04. The Bertz CT molecular complexity index is 386. The van der Waals surface area contributed by atoms with Crippen LogP contribution in [0, 0.1) is 0 Å². The fourth-order valence-corrected chi connectivity index (χ4v) is 1.94. The number of likely N-dealkylation sites (tertiary alicyclic amines) is 1. The molecule has 0 aromatic carbocycles. The fourth-order valence-electron chi connectivity index (χ4n) is 1.70. The fraction of sp³-hybridized carbons (Fsp3) is 0.455. The van der Waals surface area contributed by atoms with Gasteiger partial charge in [-0.25, -0.2) is 0 Å². The highest BCUT2D eigenvalue weighted by atomic mass is 32.1. The van der Waals surface area contributed by atoms with Crippen LogP contribution in [0.3, 0.4) is 0 Å². The van der Waals surface area contributed by atoms with E-state index in [9.17, 15) is 0 Å². The van der Waals surface area contributed by atoms with E-state index in [4.69, 9.17) is 12.2 Å². The second kappa shape index (κ2) is 6.24. The molecular formula is C11H15N5S. The van der Waals surface area contributed by atoms with Crippen molar-refractivity contribution in [3.05, 3.63) is 24.0 Å². The summed E-state index contributed by atoms with van der Waals surface area (Å²) in [6, 6.07) is 3.65. The van der Waals surface area contributed by atoms with Crippen LogP contribution in [-0.4, -0.2) is 39.5 Å². The smallest absolute Gasteiger partial charge is 0.189 e. The maximum atomic E-state index is 5.25. The van der Waals surface area contributed by atoms with Gasteiger partial charge in [0.05, 0.1) is 6.21 Å². The van der Waals surface area contributed by atoms with E-state index in [0.717, 1.165) is 13.1 Å². The predicted octanol–water partition coefficient (Wildman–Crippen LogP) is 1.17. The van der Waals surface area contributed by atoms with Gasteiger partial charge in [0.1, 0.15) is 5.69 Å². The number of hydrazone groups is 1. The van der Waals surface area contributed by atoms with Gasteiger partial charge >= 0.3 is 0 Å². The third-order valence-corrected chi connectivity index (χ3v) is 2.94. The Hall–Kier alpha value is -1.56. The molecule has 0 spiro atoms. The summed E-state index contributed by atoms with van der Waals surface area (Å²) in [4.78, 5) is 2.15. The molecule has 1 fully saturated rings. The van der Waals surface area contributed by atoms with Crippen molar-refractivity contribution in [2.75, 3.05) is 13.1 Å². The van der Waals surface area contributed by atoms with E-state index in [-0.39, 0.29) is 0 Å². The number of rotatable bonds is 2. The molecular weight excluding hydrogens is 234 g/mol. The molecule has 1 saturated heterocycles. The maximum absolute atomic E-state index is 5.25. The van der Waals surface area contributed by atoms with Gasteiger partial charge in [-0.15, -0.1) is 5.10 Å². The van der Waals surface area contributed by atoms with Gasteiger partial charge in [0.2, 0.25) is 0 Å². The van der Waals surface area contributed by atoms with Gasteiger partial charge in [-0.1, -0.05) is 0 Å². The molecule has 0 atom stereocenters. The van der Waals surface area contributed by atoms with Crippen LogP contribution in [-0.2, 0) is 0 Å². The van der Waals surface area contributed by atoms with E-state index in [0.29, 0.717) is 10.8 Å². The van der Waals surface area contributed by atoms with Gasteiger partial charge in [-0.3, -0.25) is 5.43 Å². The van der Waals surface area contributed by atoms with E-state index in [2.05, 4.69) is 25.6 Å². The quantitative estimate of drug-likeness (QED) is 0.484. The average molecular weight is 249 g/mol. The Kier molecular flexibility index (Phi) is 4.37. The first-order chi connectivity index (χ1) is 8.36. The molecule has 1 aliphatic heterocycles. The Morgan fingerprint density at radius 1 is 1.41 bits per heavy atom. The number of hydrogen-bond donors (Lipinski definition) is 1. The number of aromatic nitrogens is 2. The van der Waals surface area contributed by atoms with Crippen molar-refractivity contribution >= 4 is 23.5 Å². The van der Waals surface area contributed by atoms with Crippen LogP contribution in [0.4, 0.5) is 0 Å². The monoisotopic (exact) mass is 249 g/mol. The summed E-state index contributed by atoms with van der Waals surface area (Å²) in [7, 11) is 0. The topological polar surface area (TPSA) is 53.4 Å². The zero-order valence-electron chi connectivity index (χ0n) is 9.54. The lowest BCUT2D eigenvalue weighted by molar-refractivity contribution is 0.338. The van der Waals surface area contributed by atoms with Gasteiger partial charge in [0, 0.05) is 19.3 Å². The third-order valence-electron chi connectivity index (χ3n) is 2.59. The highest BCUT2D eigenvalue weighted by Gasteiger charge is 2.12. The van der Waals surface area contributed by atoms with Crippen molar-refractivity contribution in [1.29, 1.82) is 0 Å². The first-order valence-corrected chi connectivity index (χ1v) is 6.13. The van der Waals surface area contributed by atoms with Crippen molar-refractivity contribution in [2.45, 2.75) is 19.3 Å². The minimum absolute atomic E-state index is 0.685. The van der Waals surface area contributed by atoms with Crippen molar-refractivity contribution in [2.24, 2.45) is 5.10 Å². The number of nitrogens with one attached hydrogen (secondary N) is 1. The number of nitrogens with zero attached hydrogens (tertiary/aromatic N) is 4. The molecule has 17 heavy (non-hydrogen) atoms. The summed E-state index contributed by atoms with van der Waals surface area (Å²) in [5.74, 6) is 0. The van der Waals surface area contributed by atoms with Gasteiger partial charge in [0.15, 0.2) is 5.11 Å². The highest BCUT2D eigenvalue weighted by molar-refractivity contribution is 7.80. The van der Waals surface area contributed by atoms with Crippen molar-refractivity contribution < 1.29 is 0 Å². The summed E-state index contributed by atoms with van der Waals surface area (Å²) in [6.07, 6.45) is 6.94. The van der Waals surface area contributed by atoms with Gasteiger partial charge in [-0.05, 0) is 43.6 Å². The minimum atomic E-state index is 0.685. The Morgan fingerprint density at radius 2 is 2.24 bits per heavy atom. The Labute approximate surface area is 106 Å². The molecule has 1 aromatic rings. The highest BCUT2D eigenvalue weighted by Crippen LogP contribution is 2.08. The summed E-state index contributed by atoms with van der Waals surface area (Å²) >= 11 is 5.25. The predicted molar refractivity (Wildman–Crippen MR) is 70.8 cm³/mol. The summed E-state index contributed by atoms with van der Waals surface area (Å²) in [5, 5.41) is 12.4. The van der Waals surface area contributed by atoms with Crippen LogP contribution in [0.25, 0.3) is 0 Å². The normalized spacial score (nSPS) is 16.1. The molecule has 0 unspecified atom stereocenters. The molecule has 0 saturated carbocycles. The molecule has 0 amide bonds. The van der Waals surface area contributed by atoms with Crippen molar-refractivity contribution in [3.63, 3.8) is 0 Å². The first-order valence-electron chi connectivity index (χ1n) is 5.72. The first kappa shape index (κ1) is 11.9. The molecule has 0 bridgehead atoms. The van der Waals surface area contributed by atoms with E-state index in [1.807, 2.05) is 12.1 Å². The van der Waals surface area contributed by atoms with Crippen LogP contribution in [0.2, 0.25) is 0 Å². The van der Waals surface area contributed by atoms with Gasteiger partial charge in [0.25, 0.3) is 0 Å². The van der Waals surface area contributed by atoms with Crippen LogP contribution >= 0.6 is 12.2 Å². The largest absolute Gasteiger partial charge is 0.348 e.